The van der Waals surface area contributed by atoms with Crippen LogP contribution in [0.4, 0.5) is 0 Å². The van der Waals surface area contributed by atoms with Crippen LogP contribution < -0.4 is 70.8 Å². The van der Waals surface area contributed by atoms with Crippen LogP contribution in [0.2, 0.25) is 0 Å². The number of phenolic OH excluding ortho intramolecular Hbond substituents is 1. The van der Waals surface area contributed by atoms with Gasteiger partial charge in [-0.1, -0.05) is 50.0 Å². The molecule has 0 radical (unpaired) electrons. The Morgan fingerprint density at radius 3 is 2.05 bits per heavy atom. The maximum absolute atomic E-state index is 14.7. The van der Waals surface area contributed by atoms with Crippen molar-refractivity contribution in [3.05, 3.63) is 83.9 Å². The van der Waals surface area contributed by atoms with Crippen molar-refractivity contribution in [2.45, 2.75) is 145 Å². The Morgan fingerprint density at radius 1 is 0.802 bits per heavy atom. The van der Waals surface area contributed by atoms with Crippen molar-refractivity contribution < 1.29 is 146 Å². The van der Waals surface area contributed by atoms with Crippen LogP contribution >= 0.6 is 0 Å². The van der Waals surface area contributed by atoms with Crippen LogP contribution in [0.1, 0.15) is 81.3 Å². The molecule has 18 N–H and O–H groups in total. The van der Waals surface area contributed by atoms with Gasteiger partial charge in [0.15, 0.2) is 23.5 Å². The van der Waals surface area contributed by atoms with E-state index in [2.05, 4.69) is 32.2 Å². The number of benzene rings is 3. The molecular formula is C56H72N9NaO24S. The van der Waals surface area contributed by atoms with E-state index < -0.39 is 198 Å². The van der Waals surface area contributed by atoms with Gasteiger partial charge in [0.05, 0.1) is 37.4 Å². The third-order valence-corrected chi connectivity index (χ3v) is 15.6. The fraction of sp³-hybridized carbons (Fsp3) is 0.482. The molecule has 35 heteroatoms. The summed E-state index contributed by atoms with van der Waals surface area (Å²) in [4.78, 5) is 115. The molecular weight excluding hydrogens is 1240 g/mol. The Kier molecular flexibility index (Phi) is 26.3. The fourth-order valence-corrected chi connectivity index (χ4v) is 10.7. The van der Waals surface area contributed by atoms with E-state index >= 15 is 0 Å². The Labute approximate surface area is 541 Å². The van der Waals surface area contributed by atoms with E-state index in [0.717, 1.165) is 32.3 Å². The maximum atomic E-state index is 14.7. The van der Waals surface area contributed by atoms with Crippen LogP contribution in [0.5, 0.6) is 17.2 Å². The van der Waals surface area contributed by atoms with Gasteiger partial charge in [0.25, 0.3) is 16.3 Å². The second-order valence-electron chi connectivity index (χ2n) is 21.9. The Hall–Kier alpha value is -7.42. The number of hydrogen-bond donors (Lipinski definition) is 15. The Bertz CT molecular complexity index is 3350. The van der Waals surface area contributed by atoms with Crippen LogP contribution in [0.25, 0.3) is 22.6 Å². The zero-order valence-electron chi connectivity index (χ0n) is 49.5. The molecule has 8 amide bonds. The van der Waals surface area contributed by atoms with Gasteiger partial charge in [-0.15, -0.1) is 0 Å². The summed E-state index contributed by atoms with van der Waals surface area (Å²) in [5.41, 5.74) is 6.13. The van der Waals surface area contributed by atoms with Crippen molar-refractivity contribution in [3.8, 4) is 39.8 Å². The molecule has 0 aliphatic carbocycles. The first kappa shape index (κ1) is 74.3. The van der Waals surface area contributed by atoms with E-state index in [4.69, 9.17) is 15.0 Å². The average molecular weight is 1310 g/mol. The first-order valence-corrected chi connectivity index (χ1v) is 29.4. The minimum absolute atomic E-state index is 0. The van der Waals surface area contributed by atoms with Gasteiger partial charge in [-0.05, 0) is 67.4 Å². The number of aromatic hydroxyl groups is 1. The number of nitrogens with one attached hydrogen (secondary N) is 5. The molecule has 4 aromatic rings. The van der Waals surface area contributed by atoms with Gasteiger partial charge in [-0.2, -0.15) is 0 Å². The molecule has 3 fully saturated rings. The van der Waals surface area contributed by atoms with Gasteiger partial charge in [-0.25, -0.2) is 8.42 Å². The van der Waals surface area contributed by atoms with Crippen molar-refractivity contribution in [1.82, 2.24) is 41.5 Å². The maximum Gasteiger partial charge on any atom is 1.00 e. The SMILES string of the molecule is CCCCCOc1ccc(-c2cc(-c3ccc(C(=O)N[C@H]4C[C@@H](O)[C@@H](O)NC(=O)[C@@H]5[C@@H](O)[C@@H](C)CN5C(=O)[C@H]([C@H](O)CC(N)=O)NC(=O)[C@H]([C@H](O)[C@@H](O)c5ccc(O)c(OS(=O)(=O)[O-])c5)NC(=O)[C@@H]5C[C@@H](O)CN5C(=O)[C@H]([C@@H](C)O)NC4=O)cc3)no2)cc1.O.[Na+]. The minimum atomic E-state index is -5.60. The number of aliphatic hydroxyl groups excluding tert-OH is 8. The predicted molar refractivity (Wildman–Crippen MR) is 306 cm³/mol. The van der Waals surface area contributed by atoms with E-state index in [1.807, 2.05) is 10.6 Å². The van der Waals surface area contributed by atoms with Crippen LogP contribution in [0.3, 0.4) is 0 Å². The first-order chi connectivity index (χ1) is 42.0. The van der Waals surface area contributed by atoms with E-state index in [1.54, 1.807) is 30.3 Å². The largest absolute Gasteiger partial charge is 1.00 e. The number of hydrogen-bond acceptors (Lipinski definition) is 24. The van der Waals surface area contributed by atoms with Crippen LogP contribution in [-0.2, 0) is 44.0 Å². The Balaban J connectivity index is 0.00000752. The molecule has 91 heavy (non-hydrogen) atoms. The number of unbranched alkanes of at least 4 members (excludes halogenated alkanes) is 2. The fourth-order valence-electron chi connectivity index (χ4n) is 10.3. The van der Waals surface area contributed by atoms with Gasteiger partial charge < -0.3 is 112 Å². The van der Waals surface area contributed by atoms with Crippen molar-refractivity contribution in [1.29, 1.82) is 0 Å². The number of primary amides is 1. The number of ether oxygens (including phenoxy) is 1. The molecule has 3 aromatic carbocycles. The van der Waals surface area contributed by atoms with Crippen molar-refractivity contribution >= 4 is 57.7 Å². The summed E-state index contributed by atoms with van der Waals surface area (Å²) in [5, 5.41) is 116. The van der Waals surface area contributed by atoms with Gasteiger partial charge in [-0.3, -0.25) is 38.4 Å². The summed E-state index contributed by atoms with van der Waals surface area (Å²) in [5.74, 6) is -13.0. The quantitative estimate of drug-likeness (QED) is 0.0190. The van der Waals surface area contributed by atoms with Crippen molar-refractivity contribution in [2.75, 3.05) is 19.7 Å². The summed E-state index contributed by atoms with van der Waals surface area (Å²) in [6.45, 7) is 3.72. The monoisotopic (exact) mass is 1310 g/mol. The third kappa shape index (κ3) is 18.6. The third-order valence-electron chi connectivity index (χ3n) is 15.2. The zero-order chi connectivity index (χ0) is 65.3. The molecule has 1 aromatic heterocycles. The predicted octanol–water partition coefficient (Wildman–Crippen LogP) is -8.07. The van der Waals surface area contributed by atoms with Crippen molar-refractivity contribution in [3.63, 3.8) is 0 Å². The molecule has 492 valence electrons. The van der Waals surface area contributed by atoms with E-state index in [0.29, 0.717) is 56.9 Å². The minimum Gasteiger partial charge on any atom is -0.716 e. The topological polar surface area (TPSA) is 544 Å². The number of carbonyl (C=O) groups is 8. The molecule has 4 heterocycles. The smallest absolute Gasteiger partial charge is 0.716 e. The zero-order valence-corrected chi connectivity index (χ0v) is 52.3. The average Bonchev–Trinajstić information content (AvgIpc) is 1.96. The molecule has 33 nitrogen and oxygen atoms in total. The van der Waals surface area contributed by atoms with Gasteiger partial charge in [0, 0.05) is 54.6 Å². The Morgan fingerprint density at radius 2 is 1.43 bits per heavy atom. The number of carbonyl (C=O) groups excluding carboxylic acids is 8. The summed E-state index contributed by atoms with van der Waals surface area (Å²) >= 11 is 0. The second-order valence-corrected chi connectivity index (χ2v) is 22.9. The molecule has 3 aliphatic rings. The number of aromatic nitrogens is 1. The van der Waals surface area contributed by atoms with Gasteiger partial charge >= 0.3 is 29.6 Å². The number of rotatable bonds is 18. The molecule has 0 spiro atoms. The van der Waals surface area contributed by atoms with Crippen LogP contribution in [0, 0.1) is 5.92 Å². The number of amides is 8. The number of fused-ring (bicyclic) bond motifs is 2. The number of nitrogens with zero attached hydrogens (tertiary/aromatic N) is 3. The normalized spacial score (nSPS) is 25.9. The van der Waals surface area contributed by atoms with Gasteiger partial charge in [0.1, 0.15) is 66.0 Å². The number of aliphatic hydroxyl groups is 8. The molecule has 15 atom stereocenters. The standard InChI is InChI=1S/C56H71N9O23S.Na.H2O/c1-4-5-6-17-86-32-14-11-28(12-15-32)39-21-33(63-87-39)27-7-9-29(10-8-27)49(75)58-34-20-38(70)52(78)62-54(80)45-46(72)25(2)23-65(45)56(82)43(37(69)22-41(57)71)60-53(79)44(48(74)47(73)30-13-16-36(68)40(18-30)88-89(83,84)85)61-51(77)35-19-31(67)24-64(35)55(81)42(26(3)66)59-50(34)76;;/h7-16,18,21,25-26,31,34-35,37-38,42-48,52,66-70,72-74,78H,4-6,17,19-20,22-24H2,1-3H3,(H2,57,71)(H,58,75)(H,59,76)(H,60,79)(H,61,77)(H,62,80)(H,83,84,85);;1H2/q;+1;/p-1/t25-,26+,31+,34-,35-,37+,38+,42-,43-,44-,45-,46-,47-,48-,52+;;/m0../s1. The molecule has 3 aliphatic heterocycles. The molecule has 0 bridgehead atoms. The van der Waals surface area contributed by atoms with E-state index in [9.17, 15) is 97.3 Å². The van der Waals surface area contributed by atoms with Gasteiger partial charge in [0.2, 0.25) is 41.4 Å². The van der Waals surface area contributed by atoms with Crippen molar-refractivity contribution in [2.24, 2.45) is 11.7 Å². The molecule has 3 saturated heterocycles. The second kappa shape index (κ2) is 32.2. The van der Waals surface area contributed by atoms with Crippen LogP contribution in [-0.4, -0.2) is 225 Å². The summed E-state index contributed by atoms with van der Waals surface area (Å²) in [7, 11) is -5.60. The first-order valence-electron chi connectivity index (χ1n) is 28.1. The van der Waals surface area contributed by atoms with Crippen LogP contribution in [0.15, 0.2) is 77.3 Å². The van der Waals surface area contributed by atoms with E-state index in [-0.39, 0.29) is 40.6 Å². The molecule has 0 unspecified atom stereocenters. The number of nitrogens with two attached hydrogens (primary N) is 1. The molecule has 7 rings (SSSR count). The summed E-state index contributed by atoms with van der Waals surface area (Å²) in [6.07, 6.45) is -17.3. The van der Waals surface area contributed by atoms with E-state index in [1.165, 1.54) is 31.2 Å². The molecule has 0 saturated carbocycles. The number of phenols is 1. The summed E-state index contributed by atoms with van der Waals surface area (Å²) < 4.78 is 49.9. The summed E-state index contributed by atoms with van der Waals surface area (Å²) in [6, 6.07) is 3.38.